The summed E-state index contributed by atoms with van der Waals surface area (Å²) in [4.78, 5) is 0.276. The van der Waals surface area contributed by atoms with Gasteiger partial charge in [0.25, 0.3) is 0 Å². The molecule has 0 amide bonds. The molecular weight excluding hydrogens is 290 g/mol. The van der Waals surface area contributed by atoms with Crippen LogP contribution in [-0.2, 0) is 10.0 Å². The van der Waals surface area contributed by atoms with E-state index < -0.39 is 16.1 Å². The summed E-state index contributed by atoms with van der Waals surface area (Å²) in [5.41, 5.74) is 0. The van der Waals surface area contributed by atoms with Gasteiger partial charge >= 0.3 is 0 Å². The fraction of sp³-hybridized carbons (Fsp3) is 0.600. The van der Waals surface area contributed by atoms with Crippen LogP contribution in [0.25, 0.3) is 0 Å². The smallest absolute Gasteiger partial charge is 0.243 e. The molecule has 0 saturated carbocycles. The molecule has 0 aliphatic carbocycles. The van der Waals surface area contributed by atoms with E-state index >= 15 is 0 Å². The van der Waals surface area contributed by atoms with Gasteiger partial charge in [-0.25, -0.2) is 8.42 Å². The molecule has 2 rings (SSSR count). The van der Waals surface area contributed by atoms with Crippen LogP contribution in [0.5, 0.6) is 5.75 Å². The zero-order valence-electron chi connectivity index (χ0n) is 12.5. The van der Waals surface area contributed by atoms with Crippen molar-refractivity contribution in [3.05, 3.63) is 24.3 Å². The van der Waals surface area contributed by atoms with Crippen molar-refractivity contribution < 1.29 is 18.3 Å². The van der Waals surface area contributed by atoms with Crippen molar-refractivity contribution in [3.8, 4) is 5.75 Å². The number of hydrogen-bond donors (Lipinski definition) is 1. The molecule has 2 unspecified atom stereocenters. The van der Waals surface area contributed by atoms with Crippen molar-refractivity contribution in [1.82, 2.24) is 4.31 Å². The van der Waals surface area contributed by atoms with Crippen LogP contribution in [0.1, 0.15) is 26.7 Å². The monoisotopic (exact) mass is 313 g/mol. The molecule has 0 radical (unpaired) electrons. The Balaban J connectivity index is 2.09. The Kier molecular flexibility index (Phi) is 5.24. The van der Waals surface area contributed by atoms with E-state index in [2.05, 4.69) is 0 Å². The molecule has 1 aliphatic heterocycles. The highest BCUT2D eigenvalue weighted by Crippen LogP contribution is 2.27. The minimum atomic E-state index is -3.48. The first-order valence-corrected chi connectivity index (χ1v) is 8.80. The van der Waals surface area contributed by atoms with Crippen LogP contribution < -0.4 is 4.74 Å². The van der Waals surface area contributed by atoms with Crippen LogP contribution in [0, 0.1) is 5.92 Å². The highest BCUT2D eigenvalue weighted by Gasteiger charge is 2.34. The topological polar surface area (TPSA) is 66.8 Å². The van der Waals surface area contributed by atoms with E-state index in [1.54, 1.807) is 31.2 Å². The molecule has 118 valence electrons. The van der Waals surface area contributed by atoms with Crippen LogP contribution >= 0.6 is 0 Å². The summed E-state index contributed by atoms with van der Waals surface area (Å²) in [6.07, 6.45) is 1.14. The van der Waals surface area contributed by atoms with Gasteiger partial charge in [-0.15, -0.1) is 0 Å². The number of nitrogens with zero attached hydrogens (tertiary/aromatic N) is 1. The fourth-order valence-corrected chi connectivity index (χ4v) is 3.95. The van der Waals surface area contributed by atoms with Gasteiger partial charge in [0.1, 0.15) is 5.75 Å². The Morgan fingerprint density at radius 2 is 2.05 bits per heavy atom. The molecule has 6 heteroatoms. The van der Waals surface area contributed by atoms with Crippen molar-refractivity contribution >= 4 is 10.0 Å². The molecule has 1 aliphatic rings. The predicted octanol–water partition coefficient (Wildman–Crippen LogP) is 1.87. The number of aliphatic hydroxyl groups excluding tert-OH is 1. The van der Waals surface area contributed by atoms with E-state index in [0.29, 0.717) is 31.9 Å². The Bertz CT molecular complexity index is 554. The lowest BCUT2D eigenvalue weighted by Crippen LogP contribution is -2.30. The number of aliphatic hydroxyl groups is 1. The summed E-state index contributed by atoms with van der Waals surface area (Å²) < 4.78 is 32.0. The van der Waals surface area contributed by atoms with Gasteiger partial charge in [-0.3, -0.25) is 0 Å². The summed E-state index contributed by atoms with van der Waals surface area (Å²) >= 11 is 0. The van der Waals surface area contributed by atoms with Gasteiger partial charge in [-0.2, -0.15) is 4.31 Å². The summed E-state index contributed by atoms with van der Waals surface area (Å²) in [6, 6.07) is 6.53. The van der Waals surface area contributed by atoms with Gasteiger partial charge < -0.3 is 9.84 Å². The molecule has 1 saturated heterocycles. The van der Waals surface area contributed by atoms with Gasteiger partial charge in [0, 0.05) is 13.1 Å². The van der Waals surface area contributed by atoms with E-state index in [9.17, 15) is 13.5 Å². The Morgan fingerprint density at radius 3 is 2.57 bits per heavy atom. The van der Waals surface area contributed by atoms with Crippen LogP contribution in [0.2, 0.25) is 0 Å². The van der Waals surface area contributed by atoms with Crippen LogP contribution in [-0.4, -0.2) is 43.6 Å². The maximum absolute atomic E-state index is 12.5. The van der Waals surface area contributed by atoms with E-state index in [-0.39, 0.29) is 10.8 Å². The Morgan fingerprint density at radius 1 is 1.38 bits per heavy atom. The number of sulfonamides is 1. The van der Waals surface area contributed by atoms with E-state index in [1.807, 2.05) is 6.92 Å². The molecule has 5 nitrogen and oxygen atoms in total. The fourth-order valence-electron chi connectivity index (χ4n) is 2.44. The third kappa shape index (κ3) is 3.75. The zero-order chi connectivity index (χ0) is 15.5. The van der Waals surface area contributed by atoms with Gasteiger partial charge in [0.2, 0.25) is 10.0 Å². The quantitative estimate of drug-likeness (QED) is 0.870. The van der Waals surface area contributed by atoms with E-state index in [0.717, 1.165) is 6.42 Å². The Hall–Kier alpha value is -1.11. The lowest BCUT2D eigenvalue weighted by atomic mass is 10.0. The highest BCUT2D eigenvalue weighted by atomic mass is 32.2. The summed E-state index contributed by atoms with van der Waals surface area (Å²) in [5, 5.41) is 9.59. The van der Waals surface area contributed by atoms with Crippen LogP contribution in [0.15, 0.2) is 29.2 Å². The second-order valence-corrected chi connectivity index (χ2v) is 7.41. The second-order valence-electron chi connectivity index (χ2n) is 5.47. The van der Waals surface area contributed by atoms with Gasteiger partial charge in [-0.05, 0) is 49.9 Å². The normalized spacial score (nSPS) is 21.4. The molecule has 21 heavy (non-hydrogen) atoms. The highest BCUT2D eigenvalue weighted by molar-refractivity contribution is 7.89. The molecule has 0 aromatic heterocycles. The van der Waals surface area contributed by atoms with Gasteiger partial charge in [0.15, 0.2) is 0 Å². The first-order valence-electron chi connectivity index (χ1n) is 7.36. The molecule has 2 atom stereocenters. The lowest BCUT2D eigenvalue weighted by Gasteiger charge is -2.18. The SMILES string of the molecule is CCCOc1ccc(S(=O)(=O)N2CCC(C(C)O)C2)cc1. The van der Waals surface area contributed by atoms with Gasteiger partial charge in [0.05, 0.1) is 17.6 Å². The van der Waals surface area contributed by atoms with Crippen LogP contribution in [0.3, 0.4) is 0 Å². The maximum atomic E-state index is 12.5. The van der Waals surface area contributed by atoms with Crippen LogP contribution in [0.4, 0.5) is 0 Å². The predicted molar refractivity (Wildman–Crippen MR) is 80.8 cm³/mol. The second kappa shape index (κ2) is 6.77. The molecule has 1 fully saturated rings. The number of benzene rings is 1. The molecule has 1 aromatic carbocycles. The maximum Gasteiger partial charge on any atom is 0.243 e. The molecule has 0 spiro atoms. The van der Waals surface area contributed by atoms with Crippen molar-refractivity contribution in [2.75, 3.05) is 19.7 Å². The van der Waals surface area contributed by atoms with E-state index in [1.165, 1.54) is 4.31 Å². The average Bonchev–Trinajstić information content (AvgIpc) is 2.96. The van der Waals surface area contributed by atoms with Crippen molar-refractivity contribution in [2.24, 2.45) is 5.92 Å². The molecule has 1 aromatic rings. The third-order valence-electron chi connectivity index (χ3n) is 3.80. The number of hydrogen-bond acceptors (Lipinski definition) is 4. The largest absolute Gasteiger partial charge is 0.494 e. The summed E-state index contributed by atoms with van der Waals surface area (Å²) in [6.45, 7) is 5.19. The van der Waals surface area contributed by atoms with E-state index in [4.69, 9.17) is 4.74 Å². The molecule has 0 bridgehead atoms. The minimum Gasteiger partial charge on any atom is -0.494 e. The minimum absolute atomic E-state index is 0.0203. The first kappa shape index (κ1) is 16.3. The standard InChI is InChI=1S/C15H23NO4S/c1-3-10-20-14-4-6-15(7-5-14)21(18,19)16-9-8-13(11-16)12(2)17/h4-7,12-13,17H,3,8-11H2,1-2H3. The number of rotatable bonds is 6. The van der Waals surface area contributed by atoms with Crippen molar-refractivity contribution in [1.29, 1.82) is 0 Å². The summed E-state index contributed by atoms with van der Waals surface area (Å²) in [5.74, 6) is 0.700. The van der Waals surface area contributed by atoms with Crippen molar-refractivity contribution in [3.63, 3.8) is 0 Å². The number of ether oxygens (including phenoxy) is 1. The molecular formula is C15H23NO4S. The van der Waals surface area contributed by atoms with Crippen molar-refractivity contribution in [2.45, 2.75) is 37.7 Å². The third-order valence-corrected chi connectivity index (χ3v) is 5.68. The lowest BCUT2D eigenvalue weighted by molar-refractivity contribution is 0.133. The molecule has 1 N–H and O–H groups in total. The van der Waals surface area contributed by atoms with Gasteiger partial charge in [-0.1, -0.05) is 6.92 Å². The first-order chi connectivity index (χ1) is 9.95. The average molecular weight is 313 g/mol. The summed E-state index contributed by atoms with van der Waals surface area (Å²) in [7, 11) is -3.48. The molecule has 1 heterocycles. The zero-order valence-corrected chi connectivity index (χ0v) is 13.3. The Labute approximate surface area is 126 Å².